The molecule has 0 unspecified atom stereocenters. The summed E-state index contributed by atoms with van der Waals surface area (Å²) in [7, 11) is 0. The van der Waals surface area contributed by atoms with Crippen LogP contribution in [0.5, 0.6) is 0 Å². The maximum Gasteiger partial charge on any atom is 0.273 e. The lowest BCUT2D eigenvalue weighted by molar-refractivity contribution is 0.0945. The van der Waals surface area contributed by atoms with Crippen LogP contribution in [0.15, 0.2) is 65.3 Å². The zero-order valence-electron chi connectivity index (χ0n) is 16.9. The predicted molar refractivity (Wildman–Crippen MR) is 112 cm³/mol. The average molecular weight is 407 g/mol. The highest BCUT2D eigenvalue weighted by molar-refractivity contribution is 5.91. The Kier molecular flexibility index (Phi) is 6.54. The van der Waals surface area contributed by atoms with Crippen molar-refractivity contribution in [3.05, 3.63) is 89.4 Å². The number of nitrogens with zero attached hydrogens (tertiary/aromatic N) is 2. The highest BCUT2D eigenvalue weighted by Gasteiger charge is 2.21. The summed E-state index contributed by atoms with van der Waals surface area (Å²) in [6.45, 7) is 2.94. The van der Waals surface area contributed by atoms with Gasteiger partial charge in [0.15, 0.2) is 5.69 Å². The van der Waals surface area contributed by atoms with E-state index in [2.05, 4.69) is 45.5 Å². The first-order valence-corrected chi connectivity index (χ1v) is 10.4. The Morgan fingerprint density at radius 2 is 1.80 bits per heavy atom. The van der Waals surface area contributed by atoms with Gasteiger partial charge < -0.3 is 9.73 Å². The lowest BCUT2D eigenvalue weighted by Gasteiger charge is -2.31. The summed E-state index contributed by atoms with van der Waals surface area (Å²) in [5, 5.41) is 2.78. The number of nitrogens with one attached hydrogen (secondary N) is 1. The van der Waals surface area contributed by atoms with E-state index in [1.807, 2.05) is 0 Å². The van der Waals surface area contributed by atoms with E-state index in [4.69, 9.17) is 4.42 Å². The molecule has 1 saturated heterocycles. The molecule has 2 heterocycles. The fourth-order valence-corrected chi connectivity index (χ4v) is 3.85. The van der Waals surface area contributed by atoms with Crippen LogP contribution in [0.2, 0.25) is 0 Å². The second kappa shape index (κ2) is 9.67. The number of carbonyl (C=O) groups is 1. The van der Waals surface area contributed by atoms with E-state index in [0.29, 0.717) is 24.9 Å². The standard InChI is InChI=1S/C24H26FN3O2/c25-21-8-6-20(7-9-21)15-26-24(29)22-17-30-23(27-22)16-28-12-10-19(11-13-28)14-18-4-2-1-3-5-18/h1-9,17,19H,10-16H2,(H,26,29). The van der Waals surface area contributed by atoms with Gasteiger partial charge in [-0.15, -0.1) is 0 Å². The molecular formula is C24H26FN3O2. The Hall–Kier alpha value is -2.99. The number of aromatic nitrogens is 1. The summed E-state index contributed by atoms with van der Waals surface area (Å²) >= 11 is 0. The SMILES string of the molecule is O=C(NCc1ccc(F)cc1)c1coc(CN2CCC(Cc3ccccc3)CC2)n1. The van der Waals surface area contributed by atoms with Gasteiger partial charge in [0.25, 0.3) is 5.91 Å². The number of likely N-dealkylation sites (tertiary alicyclic amines) is 1. The monoisotopic (exact) mass is 407 g/mol. The van der Waals surface area contributed by atoms with Gasteiger partial charge in [0, 0.05) is 6.54 Å². The second-order valence-electron chi connectivity index (χ2n) is 7.84. The summed E-state index contributed by atoms with van der Waals surface area (Å²) in [4.78, 5) is 18.9. The van der Waals surface area contributed by atoms with Gasteiger partial charge in [-0.05, 0) is 61.5 Å². The van der Waals surface area contributed by atoms with E-state index < -0.39 is 0 Å². The van der Waals surface area contributed by atoms with Crippen LogP contribution in [0.1, 0.15) is 40.3 Å². The van der Waals surface area contributed by atoms with E-state index >= 15 is 0 Å². The van der Waals surface area contributed by atoms with Crippen molar-refractivity contribution < 1.29 is 13.6 Å². The molecule has 30 heavy (non-hydrogen) atoms. The molecule has 0 atom stereocenters. The Morgan fingerprint density at radius 3 is 2.53 bits per heavy atom. The van der Waals surface area contributed by atoms with E-state index in [9.17, 15) is 9.18 Å². The molecule has 0 aliphatic carbocycles. The number of oxazole rings is 1. The van der Waals surface area contributed by atoms with Crippen LogP contribution in [0.25, 0.3) is 0 Å². The minimum Gasteiger partial charge on any atom is -0.447 e. The summed E-state index contributed by atoms with van der Waals surface area (Å²) in [6, 6.07) is 16.7. The molecule has 0 bridgehead atoms. The van der Waals surface area contributed by atoms with Crippen molar-refractivity contribution in [1.82, 2.24) is 15.2 Å². The molecule has 0 saturated carbocycles. The minimum absolute atomic E-state index is 0.270. The Labute approximate surface area is 175 Å². The van der Waals surface area contributed by atoms with Crippen molar-refractivity contribution in [2.24, 2.45) is 5.92 Å². The van der Waals surface area contributed by atoms with Gasteiger partial charge in [0.2, 0.25) is 5.89 Å². The van der Waals surface area contributed by atoms with Crippen LogP contribution < -0.4 is 5.32 Å². The maximum atomic E-state index is 13.0. The predicted octanol–water partition coefficient (Wildman–Crippen LogP) is 4.20. The lowest BCUT2D eigenvalue weighted by atomic mass is 9.90. The van der Waals surface area contributed by atoms with Crippen LogP contribution in [0.3, 0.4) is 0 Å². The van der Waals surface area contributed by atoms with Gasteiger partial charge in [-0.25, -0.2) is 9.37 Å². The molecule has 6 heteroatoms. The molecular weight excluding hydrogens is 381 g/mol. The van der Waals surface area contributed by atoms with Crippen molar-refractivity contribution in [1.29, 1.82) is 0 Å². The molecule has 0 spiro atoms. The van der Waals surface area contributed by atoms with Crippen LogP contribution in [-0.4, -0.2) is 28.9 Å². The second-order valence-corrected chi connectivity index (χ2v) is 7.84. The quantitative estimate of drug-likeness (QED) is 0.638. The smallest absolute Gasteiger partial charge is 0.273 e. The third-order valence-electron chi connectivity index (χ3n) is 5.58. The van der Waals surface area contributed by atoms with Crippen LogP contribution in [0.4, 0.5) is 4.39 Å². The van der Waals surface area contributed by atoms with E-state index in [1.54, 1.807) is 12.1 Å². The number of rotatable bonds is 7. The molecule has 1 aliphatic rings. The molecule has 1 amide bonds. The molecule has 1 aliphatic heterocycles. The summed E-state index contributed by atoms with van der Waals surface area (Å²) < 4.78 is 18.5. The first-order chi connectivity index (χ1) is 14.7. The largest absolute Gasteiger partial charge is 0.447 e. The molecule has 3 aromatic rings. The van der Waals surface area contributed by atoms with Gasteiger partial charge in [-0.2, -0.15) is 0 Å². The van der Waals surface area contributed by atoms with Crippen LogP contribution in [0, 0.1) is 11.7 Å². The zero-order valence-corrected chi connectivity index (χ0v) is 16.9. The van der Waals surface area contributed by atoms with Crippen molar-refractivity contribution in [2.75, 3.05) is 13.1 Å². The Balaban J connectivity index is 1.22. The summed E-state index contributed by atoms with van der Waals surface area (Å²) in [5.74, 6) is 0.677. The minimum atomic E-state index is -0.296. The van der Waals surface area contributed by atoms with Gasteiger partial charge >= 0.3 is 0 Å². The van der Waals surface area contributed by atoms with E-state index in [1.165, 1.54) is 24.0 Å². The van der Waals surface area contributed by atoms with Crippen molar-refractivity contribution in [3.8, 4) is 0 Å². The molecule has 4 rings (SSSR count). The Bertz CT molecular complexity index is 948. The van der Waals surface area contributed by atoms with Crippen molar-refractivity contribution in [2.45, 2.75) is 32.4 Å². The van der Waals surface area contributed by atoms with E-state index in [-0.39, 0.29) is 17.4 Å². The molecule has 1 N–H and O–H groups in total. The Morgan fingerprint density at radius 1 is 1.07 bits per heavy atom. The van der Waals surface area contributed by atoms with Crippen molar-refractivity contribution in [3.63, 3.8) is 0 Å². The highest BCUT2D eigenvalue weighted by atomic mass is 19.1. The highest BCUT2D eigenvalue weighted by Crippen LogP contribution is 2.22. The summed E-state index contributed by atoms with van der Waals surface area (Å²) in [6.07, 6.45) is 4.84. The van der Waals surface area contributed by atoms with Gasteiger partial charge in [-0.1, -0.05) is 42.5 Å². The maximum absolute atomic E-state index is 13.0. The number of piperidine rings is 1. The molecule has 5 nitrogen and oxygen atoms in total. The first-order valence-electron chi connectivity index (χ1n) is 10.4. The molecule has 1 fully saturated rings. The number of carbonyl (C=O) groups excluding carboxylic acids is 1. The number of hydrogen-bond acceptors (Lipinski definition) is 4. The summed E-state index contributed by atoms with van der Waals surface area (Å²) in [5.41, 5.74) is 2.50. The normalized spacial score (nSPS) is 15.2. The molecule has 0 radical (unpaired) electrons. The van der Waals surface area contributed by atoms with Crippen LogP contribution in [-0.2, 0) is 19.5 Å². The van der Waals surface area contributed by atoms with Crippen LogP contribution >= 0.6 is 0 Å². The lowest BCUT2D eigenvalue weighted by Crippen LogP contribution is -2.34. The molecule has 156 valence electrons. The molecule has 2 aromatic carbocycles. The average Bonchev–Trinajstić information content (AvgIpc) is 3.24. The topological polar surface area (TPSA) is 58.4 Å². The fourth-order valence-electron chi connectivity index (χ4n) is 3.85. The number of halogens is 1. The number of hydrogen-bond donors (Lipinski definition) is 1. The molecule has 1 aromatic heterocycles. The number of amides is 1. The van der Waals surface area contributed by atoms with E-state index in [0.717, 1.165) is 37.9 Å². The van der Waals surface area contributed by atoms with Crippen molar-refractivity contribution >= 4 is 5.91 Å². The number of benzene rings is 2. The third-order valence-corrected chi connectivity index (χ3v) is 5.58. The zero-order chi connectivity index (χ0) is 20.8. The van der Waals surface area contributed by atoms with Gasteiger partial charge in [-0.3, -0.25) is 9.69 Å². The third kappa shape index (κ3) is 5.54. The van der Waals surface area contributed by atoms with Gasteiger partial charge in [0.1, 0.15) is 12.1 Å². The first kappa shape index (κ1) is 20.3. The van der Waals surface area contributed by atoms with Gasteiger partial charge in [0.05, 0.1) is 6.54 Å². The fraction of sp³-hybridized carbons (Fsp3) is 0.333.